The average molecular weight is 292 g/mol. The molecule has 1 N–H and O–H groups in total. The number of aliphatic hydroxyl groups is 1. The van der Waals surface area contributed by atoms with Gasteiger partial charge in [0.05, 0.1) is 56.9 Å². The standard InChI is InChI=1S/C15H32O5/c1-11(2)17-8-13(4)19-10-15(6)20-9-14(5)18-7-12(3)16/h11-16H,7-10H2,1-6H3. The van der Waals surface area contributed by atoms with Gasteiger partial charge in [0.15, 0.2) is 0 Å². The van der Waals surface area contributed by atoms with Gasteiger partial charge in [-0.05, 0) is 41.5 Å². The molecule has 0 aliphatic rings. The highest BCUT2D eigenvalue weighted by atomic mass is 16.6. The van der Waals surface area contributed by atoms with E-state index in [1.54, 1.807) is 6.92 Å². The normalized spacial score (nSPS) is 18.0. The van der Waals surface area contributed by atoms with Crippen molar-refractivity contribution >= 4 is 0 Å². The van der Waals surface area contributed by atoms with Crippen LogP contribution < -0.4 is 0 Å². The summed E-state index contributed by atoms with van der Waals surface area (Å²) in [6.07, 6.45) is -0.183. The van der Waals surface area contributed by atoms with Gasteiger partial charge in [-0.15, -0.1) is 0 Å². The minimum Gasteiger partial charge on any atom is -0.391 e. The summed E-state index contributed by atoms with van der Waals surface area (Å²) < 4.78 is 22.2. The molecule has 4 unspecified atom stereocenters. The highest BCUT2D eigenvalue weighted by molar-refractivity contribution is 4.56. The maximum Gasteiger partial charge on any atom is 0.0781 e. The molecule has 0 spiro atoms. The molecule has 0 heterocycles. The van der Waals surface area contributed by atoms with Gasteiger partial charge in [0.25, 0.3) is 0 Å². The van der Waals surface area contributed by atoms with Gasteiger partial charge in [-0.25, -0.2) is 0 Å². The van der Waals surface area contributed by atoms with E-state index in [-0.39, 0.29) is 24.4 Å². The fourth-order valence-corrected chi connectivity index (χ4v) is 1.38. The second kappa shape index (κ2) is 11.5. The maximum atomic E-state index is 9.12. The first-order chi connectivity index (χ1) is 9.31. The van der Waals surface area contributed by atoms with E-state index >= 15 is 0 Å². The molecule has 5 nitrogen and oxygen atoms in total. The van der Waals surface area contributed by atoms with Crippen molar-refractivity contribution < 1.29 is 24.1 Å². The van der Waals surface area contributed by atoms with E-state index in [9.17, 15) is 0 Å². The molecule has 5 heteroatoms. The van der Waals surface area contributed by atoms with Crippen LogP contribution in [0, 0.1) is 0 Å². The summed E-state index contributed by atoms with van der Waals surface area (Å²) in [6, 6.07) is 0. The monoisotopic (exact) mass is 292 g/mol. The molecule has 0 aromatic carbocycles. The first-order valence-corrected chi connectivity index (χ1v) is 7.45. The maximum absolute atomic E-state index is 9.12. The zero-order valence-electron chi connectivity index (χ0n) is 13.8. The van der Waals surface area contributed by atoms with E-state index in [1.165, 1.54) is 0 Å². The van der Waals surface area contributed by atoms with E-state index in [1.807, 2.05) is 34.6 Å². The zero-order chi connectivity index (χ0) is 15.5. The van der Waals surface area contributed by atoms with Crippen molar-refractivity contribution in [3.05, 3.63) is 0 Å². The van der Waals surface area contributed by atoms with Crippen LogP contribution in [0.1, 0.15) is 41.5 Å². The van der Waals surface area contributed by atoms with Crippen LogP contribution in [0.3, 0.4) is 0 Å². The molecule has 0 bridgehead atoms. The summed E-state index contributed by atoms with van der Waals surface area (Å²) >= 11 is 0. The number of ether oxygens (including phenoxy) is 4. The highest BCUT2D eigenvalue weighted by Crippen LogP contribution is 2.02. The molecule has 0 saturated carbocycles. The second-order valence-corrected chi connectivity index (χ2v) is 5.66. The minimum atomic E-state index is -0.444. The van der Waals surface area contributed by atoms with Gasteiger partial charge in [-0.2, -0.15) is 0 Å². The van der Waals surface area contributed by atoms with Crippen LogP contribution >= 0.6 is 0 Å². The lowest BCUT2D eigenvalue weighted by molar-refractivity contribution is -0.0900. The fourth-order valence-electron chi connectivity index (χ4n) is 1.38. The quantitative estimate of drug-likeness (QED) is 0.596. The Morgan fingerprint density at radius 3 is 1.30 bits per heavy atom. The minimum absolute atomic E-state index is 0.00843. The molecular weight excluding hydrogens is 260 g/mol. The largest absolute Gasteiger partial charge is 0.391 e. The van der Waals surface area contributed by atoms with Gasteiger partial charge in [-0.1, -0.05) is 0 Å². The summed E-state index contributed by atoms with van der Waals surface area (Å²) in [4.78, 5) is 0. The van der Waals surface area contributed by atoms with Crippen LogP contribution in [-0.4, -0.2) is 62.1 Å². The van der Waals surface area contributed by atoms with Gasteiger partial charge in [0.1, 0.15) is 0 Å². The van der Waals surface area contributed by atoms with Crippen molar-refractivity contribution in [2.24, 2.45) is 0 Å². The van der Waals surface area contributed by atoms with Crippen LogP contribution in [0.2, 0.25) is 0 Å². The van der Waals surface area contributed by atoms with E-state index in [2.05, 4.69) is 0 Å². The Labute approximate surface area is 123 Å². The highest BCUT2D eigenvalue weighted by Gasteiger charge is 2.11. The van der Waals surface area contributed by atoms with E-state index in [0.29, 0.717) is 26.4 Å². The van der Waals surface area contributed by atoms with Crippen molar-refractivity contribution in [1.82, 2.24) is 0 Å². The Morgan fingerprint density at radius 2 is 0.950 bits per heavy atom. The van der Waals surface area contributed by atoms with Crippen molar-refractivity contribution in [3.63, 3.8) is 0 Å². The topological polar surface area (TPSA) is 57.2 Å². The zero-order valence-corrected chi connectivity index (χ0v) is 13.8. The smallest absolute Gasteiger partial charge is 0.0781 e. The van der Waals surface area contributed by atoms with Crippen LogP contribution in [0.15, 0.2) is 0 Å². The lowest BCUT2D eigenvalue weighted by Crippen LogP contribution is -2.28. The van der Waals surface area contributed by atoms with Gasteiger partial charge in [0.2, 0.25) is 0 Å². The second-order valence-electron chi connectivity index (χ2n) is 5.66. The molecule has 0 aromatic heterocycles. The molecule has 0 aromatic rings. The van der Waals surface area contributed by atoms with Crippen LogP contribution in [-0.2, 0) is 18.9 Å². The van der Waals surface area contributed by atoms with E-state index < -0.39 is 6.10 Å². The first kappa shape index (κ1) is 19.8. The summed E-state index contributed by atoms with van der Waals surface area (Å²) in [5.74, 6) is 0. The third kappa shape index (κ3) is 12.8. The Kier molecular flexibility index (Phi) is 11.3. The number of hydrogen-bond donors (Lipinski definition) is 1. The van der Waals surface area contributed by atoms with Gasteiger partial charge >= 0.3 is 0 Å². The van der Waals surface area contributed by atoms with Crippen molar-refractivity contribution in [1.29, 1.82) is 0 Å². The Bertz CT molecular complexity index is 198. The van der Waals surface area contributed by atoms with E-state index in [0.717, 1.165) is 0 Å². The van der Waals surface area contributed by atoms with E-state index in [4.69, 9.17) is 24.1 Å². The molecule has 0 fully saturated rings. The molecule has 0 radical (unpaired) electrons. The van der Waals surface area contributed by atoms with Crippen LogP contribution in [0.5, 0.6) is 0 Å². The Hall–Kier alpha value is -0.200. The van der Waals surface area contributed by atoms with Gasteiger partial charge < -0.3 is 24.1 Å². The number of rotatable bonds is 12. The van der Waals surface area contributed by atoms with Crippen molar-refractivity contribution in [2.75, 3.05) is 26.4 Å². The molecular formula is C15H32O5. The molecule has 0 rings (SSSR count). The van der Waals surface area contributed by atoms with Gasteiger partial charge in [0, 0.05) is 0 Å². The molecule has 4 atom stereocenters. The molecule has 0 amide bonds. The average Bonchev–Trinajstić information content (AvgIpc) is 2.37. The summed E-state index contributed by atoms with van der Waals surface area (Å²) in [5.41, 5.74) is 0. The molecule has 122 valence electrons. The molecule has 0 saturated heterocycles. The summed E-state index contributed by atoms with van der Waals surface area (Å²) in [5, 5.41) is 9.12. The predicted molar refractivity (Wildman–Crippen MR) is 79.0 cm³/mol. The lowest BCUT2D eigenvalue weighted by Gasteiger charge is -2.20. The summed E-state index contributed by atoms with van der Waals surface area (Å²) in [6.45, 7) is 13.6. The fraction of sp³-hybridized carbons (Fsp3) is 1.00. The van der Waals surface area contributed by atoms with Crippen LogP contribution in [0.4, 0.5) is 0 Å². The SMILES string of the molecule is CC(O)COC(C)COC(C)COC(C)COC(C)C. The Morgan fingerprint density at radius 1 is 0.600 bits per heavy atom. The van der Waals surface area contributed by atoms with Crippen molar-refractivity contribution in [3.8, 4) is 0 Å². The van der Waals surface area contributed by atoms with Crippen molar-refractivity contribution in [2.45, 2.75) is 72.1 Å². The molecule has 0 aliphatic heterocycles. The van der Waals surface area contributed by atoms with Crippen LogP contribution in [0.25, 0.3) is 0 Å². The first-order valence-electron chi connectivity index (χ1n) is 7.45. The predicted octanol–water partition coefficient (Wildman–Crippen LogP) is 2.01. The number of aliphatic hydroxyl groups excluding tert-OH is 1. The lowest BCUT2D eigenvalue weighted by atomic mass is 10.3. The third-order valence-corrected chi connectivity index (χ3v) is 2.52. The third-order valence-electron chi connectivity index (χ3n) is 2.52. The summed E-state index contributed by atoms with van der Waals surface area (Å²) in [7, 11) is 0. The Balaban J connectivity index is 3.59. The molecule has 0 aliphatic carbocycles. The number of hydrogen-bond acceptors (Lipinski definition) is 5. The van der Waals surface area contributed by atoms with Gasteiger partial charge in [-0.3, -0.25) is 0 Å². The molecule has 20 heavy (non-hydrogen) atoms.